The molecule has 33 heavy (non-hydrogen) atoms. The van der Waals surface area contributed by atoms with Gasteiger partial charge in [-0.2, -0.15) is 31.6 Å². The van der Waals surface area contributed by atoms with Crippen molar-refractivity contribution in [2.45, 2.75) is 25.0 Å². The number of alkyl halides is 6. The second-order valence-electron chi connectivity index (χ2n) is 7.83. The summed E-state index contributed by atoms with van der Waals surface area (Å²) < 4.78 is 84.2. The zero-order valence-electron chi connectivity index (χ0n) is 17.7. The Morgan fingerprint density at radius 2 is 1.45 bits per heavy atom. The lowest BCUT2D eigenvalue weighted by molar-refractivity contribution is -0.143. The van der Waals surface area contributed by atoms with E-state index in [-0.39, 0.29) is 30.9 Å². The van der Waals surface area contributed by atoms with Gasteiger partial charge in [0, 0.05) is 26.2 Å². The van der Waals surface area contributed by atoms with Crippen molar-refractivity contribution < 1.29 is 31.1 Å². The van der Waals surface area contributed by atoms with Crippen molar-refractivity contribution in [1.82, 2.24) is 9.80 Å². The Kier molecular flexibility index (Phi) is 8.00. The van der Waals surface area contributed by atoms with Gasteiger partial charge in [-0.25, -0.2) is 0 Å². The van der Waals surface area contributed by atoms with Gasteiger partial charge in [-0.1, -0.05) is 30.3 Å². The van der Waals surface area contributed by atoms with Gasteiger partial charge in [0.2, 0.25) is 0 Å². The normalized spacial score (nSPS) is 17.0. The van der Waals surface area contributed by atoms with Crippen LogP contribution < -0.4 is 0 Å². The lowest BCUT2D eigenvalue weighted by Crippen LogP contribution is -2.48. The topological polar surface area (TPSA) is 39.5 Å². The first-order chi connectivity index (χ1) is 15.6. The quantitative estimate of drug-likeness (QED) is 0.415. The molecule has 0 bridgehead atoms. The molecular formula is C23H23F6N3O. The van der Waals surface area contributed by atoms with Crippen LogP contribution in [0.3, 0.4) is 0 Å². The predicted molar refractivity (Wildman–Crippen MR) is 109 cm³/mol. The lowest BCUT2D eigenvalue weighted by atomic mass is 10.0. The highest BCUT2D eigenvalue weighted by atomic mass is 19.4. The van der Waals surface area contributed by atoms with Crippen LogP contribution in [0.1, 0.15) is 28.3 Å². The maximum absolute atomic E-state index is 13.1. The molecule has 0 saturated carbocycles. The SMILES string of the molecule is N#CCN1CCN([C@H](COCc2cc(C(F)(F)F)cc(C(F)(F)F)c2)c2ccccc2)CC1. The van der Waals surface area contributed by atoms with Crippen molar-refractivity contribution in [3.8, 4) is 6.07 Å². The highest BCUT2D eigenvalue weighted by Gasteiger charge is 2.37. The minimum absolute atomic E-state index is 0.0971. The van der Waals surface area contributed by atoms with Crippen molar-refractivity contribution in [1.29, 1.82) is 5.26 Å². The van der Waals surface area contributed by atoms with Gasteiger partial charge in [-0.15, -0.1) is 0 Å². The molecule has 1 heterocycles. The minimum Gasteiger partial charge on any atom is -0.375 e. The molecular weight excluding hydrogens is 448 g/mol. The highest BCUT2D eigenvalue weighted by molar-refractivity contribution is 5.33. The van der Waals surface area contributed by atoms with Crippen LogP contribution >= 0.6 is 0 Å². The van der Waals surface area contributed by atoms with Crippen LogP contribution in [-0.4, -0.2) is 49.1 Å². The summed E-state index contributed by atoms with van der Waals surface area (Å²) in [5.41, 5.74) is -1.97. The number of nitriles is 1. The van der Waals surface area contributed by atoms with Crippen molar-refractivity contribution in [2.75, 3.05) is 39.3 Å². The second-order valence-corrected chi connectivity index (χ2v) is 7.83. The van der Waals surface area contributed by atoms with Gasteiger partial charge in [0.05, 0.1) is 43.0 Å². The Bertz CT molecular complexity index is 915. The molecule has 0 aromatic heterocycles. The molecule has 1 fully saturated rings. The number of benzene rings is 2. The number of nitrogens with zero attached hydrogens (tertiary/aromatic N) is 3. The average molecular weight is 471 g/mol. The molecule has 1 atom stereocenters. The predicted octanol–water partition coefficient (Wildman–Crippen LogP) is 5.12. The number of hydrogen-bond donors (Lipinski definition) is 0. The fourth-order valence-corrected chi connectivity index (χ4v) is 3.81. The number of ether oxygens (including phenoxy) is 1. The first-order valence-electron chi connectivity index (χ1n) is 10.3. The van der Waals surface area contributed by atoms with Crippen LogP contribution in [0, 0.1) is 11.3 Å². The minimum atomic E-state index is -4.90. The average Bonchev–Trinajstić information content (AvgIpc) is 2.77. The van der Waals surface area contributed by atoms with Crippen LogP contribution in [-0.2, 0) is 23.7 Å². The third-order valence-corrected chi connectivity index (χ3v) is 5.52. The number of halogens is 6. The van der Waals surface area contributed by atoms with Gasteiger partial charge in [-0.3, -0.25) is 9.80 Å². The molecule has 2 aromatic rings. The molecule has 2 aromatic carbocycles. The molecule has 4 nitrogen and oxygen atoms in total. The number of piperazine rings is 1. The summed E-state index contributed by atoms with van der Waals surface area (Å²) in [5.74, 6) is 0. The molecule has 10 heteroatoms. The van der Waals surface area contributed by atoms with E-state index in [9.17, 15) is 26.3 Å². The molecule has 0 spiro atoms. The molecule has 0 unspecified atom stereocenters. The Morgan fingerprint density at radius 3 is 1.97 bits per heavy atom. The Morgan fingerprint density at radius 1 is 0.879 bits per heavy atom. The summed E-state index contributed by atoms with van der Waals surface area (Å²) in [6, 6.07) is 12.8. The standard InChI is InChI=1S/C23H23F6N3O/c24-22(25,26)19-12-17(13-20(14-19)23(27,28)29)15-33-16-21(18-4-2-1-3-5-18)32-10-8-31(7-6-30)9-11-32/h1-5,12-14,21H,7-11,15-16H2/t21-/m1/s1. The molecule has 1 aliphatic rings. The smallest absolute Gasteiger partial charge is 0.375 e. The third-order valence-electron chi connectivity index (χ3n) is 5.52. The maximum Gasteiger partial charge on any atom is 0.416 e. The second kappa shape index (κ2) is 10.5. The maximum atomic E-state index is 13.1. The molecule has 0 radical (unpaired) electrons. The van der Waals surface area contributed by atoms with Gasteiger partial charge in [-0.05, 0) is 29.3 Å². The third kappa shape index (κ3) is 6.93. The molecule has 1 aliphatic heterocycles. The van der Waals surface area contributed by atoms with Crippen LogP contribution in [0.25, 0.3) is 0 Å². The summed E-state index contributed by atoms with van der Waals surface area (Å²) in [5, 5.41) is 8.87. The van der Waals surface area contributed by atoms with Gasteiger partial charge < -0.3 is 4.74 Å². The van der Waals surface area contributed by atoms with Crippen LogP contribution in [0.4, 0.5) is 26.3 Å². The molecule has 1 saturated heterocycles. The van der Waals surface area contributed by atoms with Crippen molar-refractivity contribution in [3.05, 3.63) is 70.8 Å². The molecule has 3 rings (SSSR count). The summed E-state index contributed by atoms with van der Waals surface area (Å²) in [6.45, 7) is 2.72. The Balaban J connectivity index is 1.73. The first-order valence-corrected chi connectivity index (χ1v) is 10.3. The summed E-state index contributed by atoms with van der Waals surface area (Å²) in [7, 11) is 0. The Hall–Kier alpha value is -2.61. The van der Waals surface area contributed by atoms with Crippen LogP contribution in [0.5, 0.6) is 0 Å². The lowest BCUT2D eigenvalue weighted by Gasteiger charge is -2.38. The highest BCUT2D eigenvalue weighted by Crippen LogP contribution is 2.36. The largest absolute Gasteiger partial charge is 0.416 e. The van der Waals surface area contributed by atoms with Crippen molar-refractivity contribution >= 4 is 0 Å². The monoisotopic (exact) mass is 471 g/mol. The van der Waals surface area contributed by atoms with E-state index in [0.29, 0.717) is 44.9 Å². The van der Waals surface area contributed by atoms with E-state index in [1.807, 2.05) is 35.2 Å². The van der Waals surface area contributed by atoms with Crippen LogP contribution in [0.2, 0.25) is 0 Å². The Labute approximate surface area is 188 Å². The zero-order chi connectivity index (χ0) is 24.1. The summed E-state index contributed by atoms with van der Waals surface area (Å²) in [6.07, 6.45) is -9.79. The van der Waals surface area contributed by atoms with Gasteiger partial charge >= 0.3 is 12.4 Å². The zero-order valence-corrected chi connectivity index (χ0v) is 17.7. The molecule has 178 valence electrons. The van der Waals surface area contributed by atoms with Gasteiger partial charge in [0.15, 0.2) is 0 Å². The van der Waals surface area contributed by atoms with E-state index in [2.05, 4.69) is 11.0 Å². The van der Waals surface area contributed by atoms with E-state index in [4.69, 9.17) is 10.00 Å². The van der Waals surface area contributed by atoms with Crippen molar-refractivity contribution in [3.63, 3.8) is 0 Å². The van der Waals surface area contributed by atoms with Crippen LogP contribution in [0.15, 0.2) is 48.5 Å². The molecule has 0 N–H and O–H groups in total. The molecule has 0 amide bonds. The van der Waals surface area contributed by atoms with Crippen molar-refractivity contribution in [2.24, 2.45) is 0 Å². The fourth-order valence-electron chi connectivity index (χ4n) is 3.81. The van der Waals surface area contributed by atoms with Gasteiger partial charge in [0.1, 0.15) is 0 Å². The van der Waals surface area contributed by atoms with E-state index < -0.39 is 23.5 Å². The molecule has 0 aliphatic carbocycles. The summed E-state index contributed by atoms with van der Waals surface area (Å²) >= 11 is 0. The fraction of sp³-hybridized carbons (Fsp3) is 0.435. The van der Waals surface area contributed by atoms with E-state index in [0.717, 1.165) is 5.56 Å². The summed E-state index contributed by atoms with van der Waals surface area (Å²) in [4.78, 5) is 4.16. The van der Waals surface area contributed by atoms with E-state index in [1.165, 1.54) is 0 Å². The first kappa shape index (κ1) is 25.0. The van der Waals surface area contributed by atoms with Gasteiger partial charge in [0.25, 0.3) is 0 Å². The van der Waals surface area contributed by atoms with E-state index >= 15 is 0 Å². The number of hydrogen-bond acceptors (Lipinski definition) is 4. The van der Waals surface area contributed by atoms with E-state index in [1.54, 1.807) is 0 Å². The number of rotatable bonds is 7.